The fraction of sp³-hybridized carbons (Fsp3) is 0.636. The Hall–Kier alpha value is -0.340. The minimum atomic E-state index is 0.241. The zero-order chi connectivity index (χ0) is 9.31. The molecule has 0 bridgehead atoms. The number of hydrogen-bond donors (Lipinski definition) is 1. The second kappa shape index (κ2) is 3.43. The molecule has 1 fully saturated rings. The van der Waals surface area contributed by atoms with Gasteiger partial charge in [-0.15, -0.1) is 11.3 Å². The van der Waals surface area contributed by atoms with Gasteiger partial charge in [0.1, 0.15) is 0 Å². The molecule has 0 spiro atoms. The monoisotopic (exact) mass is 195 g/mol. The first kappa shape index (κ1) is 9.22. The van der Waals surface area contributed by atoms with E-state index in [0.717, 1.165) is 0 Å². The molecule has 0 radical (unpaired) electrons. The van der Waals surface area contributed by atoms with E-state index in [-0.39, 0.29) is 5.54 Å². The number of hydrogen-bond acceptors (Lipinski definition) is 2. The lowest BCUT2D eigenvalue weighted by atomic mass is 10.1. The molecular formula is C11H17NS. The van der Waals surface area contributed by atoms with Crippen LogP contribution in [0.15, 0.2) is 11.4 Å². The standard InChI is InChI=1S/C11H17NS/c1-9-4-8-13-10(9)3-2-5-11(12)6-7-11/h4,8H,2-3,5-7,12H2,1H3. The second-order valence-electron chi connectivity index (χ2n) is 4.24. The van der Waals surface area contributed by atoms with Gasteiger partial charge in [-0.25, -0.2) is 0 Å². The maximum atomic E-state index is 6.03. The van der Waals surface area contributed by atoms with Crippen molar-refractivity contribution in [2.75, 3.05) is 0 Å². The topological polar surface area (TPSA) is 26.0 Å². The van der Waals surface area contributed by atoms with Crippen LogP contribution in [0, 0.1) is 6.92 Å². The molecule has 2 rings (SSSR count). The molecule has 13 heavy (non-hydrogen) atoms. The first-order valence-corrected chi connectivity index (χ1v) is 5.89. The summed E-state index contributed by atoms with van der Waals surface area (Å²) in [6.07, 6.45) is 6.19. The van der Waals surface area contributed by atoms with E-state index < -0.39 is 0 Å². The van der Waals surface area contributed by atoms with Gasteiger partial charge in [-0.05, 0) is 56.0 Å². The van der Waals surface area contributed by atoms with Crippen molar-refractivity contribution in [3.63, 3.8) is 0 Å². The van der Waals surface area contributed by atoms with Gasteiger partial charge in [-0.2, -0.15) is 0 Å². The minimum Gasteiger partial charge on any atom is -0.325 e. The highest BCUT2D eigenvalue weighted by Gasteiger charge is 2.36. The SMILES string of the molecule is Cc1ccsc1CCCC1(N)CC1. The van der Waals surface area contributed by atoms with Crippen molar-refractivity contribution in [1.82, 2.24) is 0 Å². The molecule has 2 heteroatoms. The van der Waals surface area contributed by atoms with Crippen molar-refractivity contribution < 1.29 is 0 Å². The predicted molar refractivity (Wildman–Crippen MR) is 58.1 cm³/mol. The molecule has 72 valence electrons. The van der Waals surface area contributed by atoms with Gasteiger partial charge in [0.25, 0.3) is 0 Å². The molecule has 1 nitrogen and oxygen atoms in total. The molecule has 0 unspecified atom stereocenters. The van der Waals surface area contributed by atoms with E-state index in [1.54, 1.807) is 4.88 Å². The Labute approximate surface area is 84.0 Å². The van der Waals surface area contributed by atoms with Gasteiger partial charge >= 0.3 is 0 Å². The molecule has 0 atom stereocenters. The van der Waals surface area contributed by atoms with Crippen molar-refractivity contribution in [2.24, 2.45) is 5.73 Å². The second-order valence-corrected chi connectivity index (χ2v) is 5.24. The fourth-order valence-corrected chi connectivity index (χ4v) is 2.62. The molecule has 1 aromatic heterocycles. The highest BCUT2D eigenvalue weighted by Crippen LogP contribution is 2.37. The van der Waals surface area contributed by atoms with Crippen LogP contribution in [0.3, 0.4) is 0 Å². The lowest BCUT2D eigenvalue weighted by Crippen LogP contribution is -2.21. The summed E-state index contributed by atoms with van der Waals surface area (Å²) in [6, 6.07) is 2.20. The Balaban J connectivity index is 1.77. The maximum absolute atomic E-state index is 6.03. The quantitative estimate of drug-likeness (QED) is 0.785. The Morgan fingerprint density at radius 3 is 2.85 bits per heavy atom. The van der Waals surface area contributed by atoms with Crippen molar-refractivity contribution >= 4 is 11.3 Å². The predicted octanol–water partition coefficient (Wildman–Crippen LogP) is 2.87. The van der Waals surface area contributed by atoms with Crippen molar-refractivity contribution in [3.8, 4) is 0 Å². The summed E-state index contributed by atoms with van der Waals surface area (Å²) < 4.78 is 0. The van der Waals surface area contributed by atoms with Crippen LogP contribution in [0.5, 0.6) is 0 Å². The van der Waals surface area contributed by atoms with Crippen LogP contribution in [0.1, 0.15) is 36.1 Å². The molecule has 1 aromatic rings. The zero-order valence-electron chi connectivity index (χ0n) is 8.18. The average Bonchev–Trinajstić information content (AvgIpc) is 2.68. The van der Waals surface area contributed by atoms with Crippen molar-refractivity contribution in [1.29, 1.82) is 0 Å². The lowest BCUT2D eigenvalue weighted by molar-refractivity contribution is 0.577. The number of thiophene rings is 1. The Bertz CT molecular complexity index is 286. The van der Waals surface area contributed by atoms with E-state index in [0.29, 0.717) is 0 Å². The summed E-state index contributed by atoms with van der Waals surface area (Å²) in [4.78, 5) is 1.55. The Morgan fingerprint density at radius 1 is 1.54 bits per heavy atom. The molecule has 2 N–H and O–H groups in total. The third-order valence-electron chi connectivity index (χ3n) is 2.94. The minimum absolute atomic E-state index is 0.241. The summed E-state index contributed by atoms with van der Waals surface area (Å²) >= 11 is 1.88. The largest absolute Gasteiger partial charge is 0.325 e. The summed E-state index contributed by atoms with van der Waals surface area (Å²) in [5, 5.41) is 2.18. The molecule has 0 saturated heterocycles. The first-order chi connectivity index (χ1) is 6.20. The van der Waals surface area contributed by atoms with Crippen LogP contribution in [-0.4, -0.2) is 5.54 Å². The number of nitrogens with two attached hydrogens (primary N) is 1. The van der Waals surface area contributed by atoms with E-state index in [4.69, 9.17) is 5.73 Å². The van der Waals surface area contributed by atoms with Gasteiger partial charge in [-0.1, -0.05) is 0 Å². The van der Waals surface area contributed by atoms with E-state index in [9.17, 15) is 0 Å². The fourth-order valence-electron chi connectivity index (χ4n) is 1.67. The molecule has 0 aliphatic heterocycles. The van der Waals surface area contributed by atoms with Crippen LogP contribution in [-0.2, 0) is 6.42 Å². The summed E-state index contributed by atoms with van der Waals surface area (Å²) in [5.41, 5.74) is 7.72. The normalized spacial score (nSPS) is 18.9. The molecule has 1 saturated carbocycles. The van der Waals surface area contributed by atoms with Crippen LogP contribution < -0.4 is 5.73 Å². The zero-order valence-corrected chi connectivity index (χ0v) is 8.99. The summed E-state index contributed by atoms with van der Waals surface area (Å²) in [6.45, 7) is 2.20. The third-order valence-corrected chi connectivity index (χ3v) is 4.02. The molecule has 1 heterocycles. The molecule has 1 aliphatic rings. The smallest absolute Gasteiger partial charge is 0.0155 e. The third kappa shape index (κ3) is 2.32. The molecule has 0 amide bonds. The van der Waals surface area contributed by atoms with Gasteiger partial charge in [0, 0.05) is 10.4 Å². The molecule has 1 aliphatic carbocycles. The Kier molecular flexibility index (Phi) is 2.43. The van der Waals surface area contributed by atoms with Gasteiger partial charge in [0.2, 0.25) is 0 Å². The van der Waals surface area contributed by atoms with Gasteiger partial charge in [-0.3, -0.25) is 0 Å². The van der Waals surface area contributed by atoms with Crippen molar-refractivity contribution in [3.05, 3.63) is 21.9 Å². The van der Waals surface area contributed by atoms with Crippen LogP contribution in [0.2, 0.25) is 0 Å². The van der Waals surface area contributed by atoms with E-state index >= 15 is 0 Å². The number of rotatable bonds is 4. The molecular weight excluding hydrogens is 178 g/mol. The number of aryl methyl sites for hydroxylation is 2. The average molecular weight is 195 g/mol. The van der Waals surface area contributed by atoms with Crippen molar-refractivity contribution in [2.45, 2.75) is 44.6 Å². The summed E-state index contributed by atoms with van der Waals surface area (Å²) in [5.74, 6) is 0. The summed E-state index contributed by atoms with van der Waals surface area (Å²) in [7, 11) is 0. The van der Waals surface area contributed by atoms with E-state index in [2.05, 4.69) is 18.4 Å². The highest BCUT2D eigenvalue weighted by atomic mass is 32.1. The van der Waals surface area contributed by atoms with Crippen LogP contribution >= 0.6 is 11.3 Å². The lowest BCUT2D eigenvalue weighted by Gasteiger charge is -2.06. The maximum Gasteiger partial charge on any atom is 0.0155 e. The first-order valence-electron chi connectivity index (χ1n) is 5.01. The molecule has 0 aromatic carbocycles. The van der Waals surface area contributed by atoms with E-state index in [1.165, 1.54) is 37.7 Å². The van der Waals surface area contributed by atoms with Gasteiger partial charge < -0.3 is 5.73 Å². The van der Waals surface area contributed by atoms with Crippen LogP contribution in [0.4, 0.5) is 0 Å². The van der Waals surface area contributed by atoms with E-state index in [1.807, 2.05) is 11.3 Å². The highest BCUT2D eigenvalue weighted by molar-refractivity contribution is 7.10. The van der Waals surface area contributed by atoms with Gasteiger partial charge in [0.05, 0.1) is 0 Å². The Morgan fingerprint density at radius 2 is 2.31 bits per heavy atom. The van der Waals surface area contributed by atoms with Gasteiger partial charge in [0.15, 0.2) is 0 Å². The van der Waals surface area contributed by atoms with Crippen LogP contribution in [0.25, 0.3) is 0 Å².